The highest BCUT2D eigenvalue weighted by Crippen LogP contribution is 2.29. The molecule has 0 aliphatic heterocycles. The summed E-state index contributed by atoms with van der Waals surface area (Å²) in [4.78, 5) is 8.18. The van der Waals surface area contributed by atoms with Crippen LogP contribution >= 0.6 is 0 Å². The molecule has 0 radical (unpaired) electrons. The molecule has 0 spiro atoms. The van der Waals surface area contributed by atoms with E-state index in [0.29, 0.717) is 29.7 Å². The molecule has 6 nitrogen and oxygen atoms in total. The predicted octanol–water partition coefficient (Wildman–Crippen LogP) is 2.30. The second-order valence-electron chi connectivity index (χ2n) is 4.36. The van der Waals surface area contributed by atoms with E-state index in [0.717, 1.165) is 0 Å². The first-order valence-corrected chi connectivity index (χ1v) is 6.29. The molecular weight excluding hydrogens is 256 g/mol. The van der Waals surface area contributed by atoms with Gasteiger partial charge in [0.2, 0.25) is 5.88 Å². The standard InChI is InChI=1S/C14H18N4O2/c1-10(8-19-2)18-13-12(15)14(17-9-16-13)20-11-6-4-3-5-7-11/h3-7,9-10H,8,15H2,1-2H3,(H,16,17,18). The van der Waals surface area contributed by atoms with Crippen LogP contribution in [-0.4, -0.2) is 29.7 Å². The Bertz CT molecular complexity index is 548. The lowest BCUT2D eigenvalue weighted by Crippen LogP contribution is -2.22. The van der Waals surface area contributed by atoms with Crippen molar-refractivity contribution in [2.24, 2.45) is 0 Å². The van der Waals surface area contributed by atoms with E-state index in [-0.39, 0.29) is 6.04 Å². The Labute approximate surface area is 118 Å². The minimum atomic E-state index is 0.0850. The molecule has 1 aromatic carbocycles. The van der Waals surface area contributed by atoms with Gasteiger partial charge in [-0.05, 0) is 19.1 Å². The van der Waals surface area contributed by atoms with Crippen LogP contribution in [0.15, 0.2) is 36.7 Å². The Morgan fingerprint density at radius 1 is 1.25 bits per heavy atom. The Hall–Kier alpha value is -2.34. The third kappa shape index (κ3) is 3.58. The topological polar surface area (TPSA) is 82.3 Å². The van der Waals surface area contributed by atoms with Crippen molar-refractivity contribution in [1.82, 2.24) is 9.97 Å². The van der Waals surface area contributed by atoms with Gasteiger partial charge >= 0.3 is 0 Å². The van der Waals surface area contributed by atoms with Gasteiger partial charge in [0.05, 0.1) is 6.61 Å². The minimum absolute atomic E-state index is 0.0850. The summed E-state index contributed by atoms with van der Waals surface area (Å²) in [5, 5.41) is 3.16. The summed E-state index contributed by atoms with van der Waals surface area (Å²) < 4.78 is 10.7. The second kappa shape index (κ2) is 6.72. The minimum Gasteiger partial charge on any atom is -0.437 e. The highest BCUT2D eigenvalue weighted by atomic mass is 16.5. The van der Waals surface area contributed by atoms with E-state index in [2.05, 4.69) is 15.3 Å². The molecule has 2 aromatic rings. The van der Waals surface area contributed by atoms with E-state index in [9.17, 15) is 0 Å². The maximum absolute atomic E-state index is 6.02. The number of nitrogens with two attached hydrogens (primary N) is 1. The maximum atomic E-state index is 6.02. The van der Waals surface area contributed by atoms with Crippen molar-refractivity contribution in [1.29, 1.82) is 0 Å². The van der Waals surface area contributed by atoms with Crippen molar-refractivity contribution in [3.05, 3.63) is 36.7 Å². The van der Waals surface area contributed by atoms with Gasteiger partial charge < -0.3 is 20.5 Å². The van der Waals surface area contributed by atoms with Crippen molar-refractivity contribution in [2.45, 2.75) is 13.0 Å². The Balaban J connectivity index is 2.15. The lowest BCUT2D eigenvalue weighted by atomic mass is 10.3. The molecule has 6 heteroatoms. The Kier molecular flexibility index (Phi) is 4.73. The molecule has 3 N–H and O–H groups in total. The summed E-state index contributed by atoms with van der Waals surface area (Å²) in [6.45, 7) is 2.53. The van der Waals surface area contributed by atoms with Crippen molar-refractivity contribution < 1.29 is 9.47 Å². The summed E-state index contributed by atoms with van der Waals surface area (Å²) in [7, 11) is 1.64. The molecule has 106 valence electrons. The van der Waals surface area contributed by atoms with Crippen LogP contribution in [0.25, 0.3) is 0 Å². The van der Waals surface area contributed by atoms with Crippen LogP contribution < -0.4 is 15.8 Å². The molecule has 0 bridgehead atoms. The van der Waals surface area contributed by atoms with Gasteiger partial charge in [-0.15, -0.1) is 0 Å². The molecule has 0 aliphatic rings. The van der Waals surface area contributed by atoms with E-state index in [1.54, 1.807) is 7.11 Å². The number of aromatic nitrogens is 2. The SMILES string of the molecule is COCC(C)Nc1ncnc(Oc2ccccc2)c1N. The van der Waals surface area contributed by atoms with E-state index < -0.39 is 0 Å². The Morgan fingerprint density at radius 2 is 2.00 bits per heavy atom. The first-order valence-electron chi connectivity index (χ1n) is 6.29. The first-order chi connectivity index (χ1) is 9.70. The third-order valence-electron chi connectivity index (χ3n) is 2.60. The average Bonchev–Trinajstić information content (AvgIpc) is 2.45. The van der Waals surface area contributed by atoms with E-state index >= 15 is 0 Å². The third-order valence-corrected chi connectivity index (χ3v) is 2.60. The number of anilines is 2. The van der Waals surface area contributed by atoms with Crippen LogP contribution in [0.5, 0.6) is 11.6 Å². The smallest absolute Gasteiger partial charge is 0.248 e. The number of hydrogen-bond acceptors (Lipinski definition) is 6. The highest BCUT2D eigenvalue weighted by Gasteiger charge is 2.12. The van der Waals surface area contributed by atoms with Crippen LogP contribution in [0.4, 0.5) is 11.5 Å². The van der Waals surface area contributed by atoms with Gasteiger partial charge in [-0.1, -0.05) is 18.2 Å². The van der Waals surface area contributed by atoms with Gasteiger partial charge in [-0.2, -0.15) is 4.98 Å². The molecule has 0 fully saturated rings. The van der Waals surface area contributed by atoms with Crippen molar-refractivity contribution in [3.63, 3.8) is 0 Å². The number of nitrogens with one attached hydrogen (secondary N) is 1. The maximum Gasteiger partial charge on any atom is 0.248 e. The van der Waals surface area contributed by atoms with Gasteiger partial charge in [-0.25, -0.2) is 4.98 Å². The van der Waals surface area contributed by atoms with Crippen molar-refractivity contribution in [2.75, 3.05) is 24.8 Å². The van der Waals surface area contributed by atoms with Gasteiger partial charge in [0.25, 0.3) is 0 Å². The number of ether oxygens (including phenoxy) is 2. The molecule has 20 heavy (non-hydrogen) atoms. The fourth-order valence-electron chi connectivity index (χ4n) is 1.70. The Morgan fingerprint density at radius 3 is 2.70 bits per heavy atom. The molecular formula is C14H18N4O2. The summed E-state index contributed by atoms with van der Waals surface area (Å²) in [5.74, 6) is 1.54. The summed E-state index contributed by atoms with van der Waals surface area (Å²) in [6.07, 6.45) is 1.41. The van der Waals surface area contributed by atoms with Crippen LogP contribution in [0.1, 0.15) is 6.92 Å². The number of nitrogens with zero attached hydrogens (tertiary/aromatic N) is 2. The van der Waals surface area contributed by atoms with Crippen molar-refractivity contribution in [3.8, 4) is 11.6 Å². The molecule has 0 amide bonds. The molecule has 0 saturated carbocycles. The van der Waals surface area contributed by atoms with E-state index in [4.69, 9.17) is 15.2 Å². The average molecular weight is 274 g/mol. The van der Waals surface area contributed by atoms with Crippen LogP contribution in [-0.2, 0) is 4.74 Å². The largest absolute Gasteiger partial charge is 0.437 e. The van der Waals surface area contributed by atoms with Gasteiger partial charge in [0.1, 0.15) is 17.8 Å². The van der Waals surface area contributed by atoms with Gasteiger partial charge in [-0.3, -0.25) is 0 Å². The van der Waals surface area contributed by atoms with Crippen LogP contribution in [0, 0.1) is 0 Å². The molecule has 1 aromatic heterocycles. The lowest BCUT2D eigenvalue weighted by Gasteiger charge is -2.16. The molecule has 2 rings (SSSR count). The highest BCUT2D eigenvalue weighted by molar-refractivity contribution is 5.67. The van der Waals surface area contributed by atoms with Gasteiger partial charge in [0, 0.05) is 13.2 Å². The zero-order chi connectivity index (χ0) is 14.4. The number of rotatable bonds is 6. The molecule has 1 heterocycles. The van der Waals surface area contributed by atoms with E-state index in [1.807, 2.05) is 37.3 Å². The molecule has 0 saturated heterocycles. The second-order valence-corrected chi connectivity index (χ2v) is 4.36. The monoisotopic (exact) mass is 274 g/mol. The zero-order valence-corrected chi connectivity index (χ0v) is 11.5. The molecule has 1 atom stereocenters. The number of methoxy groups -OCH3 is 1. The number of nitrogen functional groups attached to an aromatic ring is 1. The summed E-state index contributed by atoms with van der Waals surface area (Å²) in [6, 6.07) is 9.43. The molecule has 0 aliphatic carbocycles. The van der Waals surface area contributed by atoms with E-state index in [1.165, 1.54) is 6.33 Å². The van der Waals surface area contributed by atoms with Gasteiger partial charge in [0.15, 0.2) is 5.82 Å². The first kappa shape index (κ1) is 14.1. The molecule has 1 unspecified atom stereocenters. The predicted molar refractivity (Wildman–Crippen MR) is 77.9 cm³/mol. The zero-order valence-electron chi connectivity index (χ0n) is 11.5. The lowest BCUT2D eigenvalue weighted by molar-refractivity contribution is 0.190. The van der Waals surface area contributed by atoms with Crippen LogP contribution in [0.2, 0.25) is 0 Å². The fourth-order valence-corrected chi connectivity index (χ4v) is 1.70. The summed E-state index contributed by atoms with van der Waals surface area (Å²) in [5.41, 5.74) is 6.40. The quantitative estimate of drug-likeness (QED) is 0.841. The van der Waals surface area contributed by atoms with Crippen LogP contribution in [0.3, 0.4) is 0 Å². The summed E-state index contributed by atoms with van der Waals surface area (Å²) >= 11 is 0. The normalized spacial score (nSPS) is 11.9. The number of benzene rings is 1. The fraction of sp³-hybridized carbons (Fsp3) is 0.286. The number of hydrogen-bond donors (Lipinski definition) is 2. The number of para-hydroxylation sites is 1. The van der Waals surface area contributed by atoms with Crippen molar-refractivity contribution >= 4 is 11.5 Å².